The van der Waals surface area contributed by atoms with Gasteiger partial charge in [-0.2, -0.15) is 0 Å². The molecule has 1 fully saturated rings. The third kappa shape index (κ3) is 4.90. The first-order valence-electron chi connectivity index (χ1n) is 8.40. The first-order valence-corrected chi connectivity index (χ1v) is 8.40. The Morgan fingerprint density at radius 3 is 2.68 bits per heavy atom. The second-order valence-electron chi connectivity index (χ2n) is 6.24. The van der Waals surface area contributed by atoms with E-state index < -0.39 is 0 Å². The average Bonchev–Trinajstić information content (AvgIpc) is 2.61. The van der Waals surface area contributed by atoms with Crippen LogP contribution >= 0.6 is 0 Å². The van der Waals surface area contributed by atoms with Crippen molar-refractivity contribution in [1.82, 2.24) is 15.3 Å². The molecule has 7 nitrogen and oxygen atoms in total. The number of ether oxygens (including phenoxy) is 1. The molecule has 0 spiro atoms. The van der Waals surface area contributed by atoms with Crippen molar-refractivity contribution in [3.63, 3.8) is 0 Å². The van der Waals surface area contributed by atoms with Crippen molar-refractivity contribution in [1.29, 1.82) is 0 Å². The first kappa shape index (κ1) is 17.2. The van der Waals surface area contributed by atoms with Crippen molar-refractivity contribution < 1.29 is 9.53 Å². The van der Waals surface area contributed by atoms with Gasteiger partial charge in [0.15, 0.2) is 0 Å². The highest BCUT2D eigenvalue weighted by Gasteiger charge is 2.22. The van der Waals surface area contributed by atoms with Gasteiger partial charge in [-0.05, 0) is 37.6 Å². The SMILES string of the molecule is C[C@@H]1CN(c2ccc(NC(=O)NCc3cccnc3)cn2)C[C@@H](C)O1. The molecule has 3 rings (SSSR count). The van der Waals surface area contributed by atoms with Crippen LogP contribution in [-0.4, -0.2) is 41.3 Å². The van der Waals surface area contributed by atoms with E-state index in [2.05, 4.69) is 39.3 Å². The fourth-order valence-corrected chi connectivity index (χ4v) is 2.87. The van der Waals surface area contributed by atoms with Gasteiger partial charge in [0.25, 0.3) is 0 Å². The van der Waals surface area contributed by atoms with E-state index in [1.165, 1.54) is 0 Å². The third-order valence-electron chi connectivity index (χ3n) is 3.93. The molecule has 0 aliphatic carbocycles. The van der Waals surface area contributed by atoms with Crippen LogP contribution in [0.5, 0.6) is 0 Å². The van der Waals surface area contributed by atoms with E-state index in [1.54, 1.807) is 18.6 Å². The molecule has 0 saturated carbocycles. The van der Waals surface area contributed by atoms with E-state index in [0.717, 1.165) is 24.5 Å². The number of nitrogens with zero attached hydrogens (tertiary/aromatic N) is 3. The van der Waals surface area contributed by atoms with E-state index in [-0.39, 0.29) is 18.2 Å². The lowest BCUT2D eigenvalue weighted by molar-refractivity contribution is -0.00545. The summed E-state index contributed by atoms with van der Waals surface area (Å²) in [5.74, 6) is 0.892. The normalized spacial score (nSPS) is 20.2. The van der Waals surface area contributed by atoms with Crippen LogP contribution in [0.25, 0.3) is 0 Å². The Morgan fingerprint density at radius 2 is 2.04 bits per heavy atom. The van der Waals surface area contributed by atoms with Gasteiger partial charge >= 0.3 is 6.03 Å². The Kier molecular flexibility index (Phi) is 5.45. The van der Waals surface area contributed by atoms with Gasteiger partial charge in [-0.25, -0.2) is 9.78 Å². The second kappa shape index (κ2) is 7.94. The van der Waals surface area contributed by atoms with E-state index >= 15 is 0 Å². The average molecular weight is 341 g/mol. The summed E-state index contributed by atoms with van der Waals surface area (Å²) in [5, 5.41) is 5.58. The first-order chi connectivity index (χ1) is 12.1. The highest BCUT2D eigenvalue weighted by Crippen LogP contribution is 2.19. The van der Waals surface area contributed by atoms with Crippen molar-refractivity contribution in [3.05, 3.63) is 48.4 Å². The van der Waals surface area contributed by atoms with Gasteiger partial charge in [-0.3, -0.25) is 4.98 Å². The molecule has 0 radical (unpaired) electrons. The second-order valence-corrected chi connectivity index (χ2v) is 6.24. The quantitative estimate of drug-likeness (QED) is 0.893. The lowest BCUT2D eigenvalue weighted by Crippen LogP contribution is -2.45. The topological polar surface area (TPSA) is 79.4 Å². The molecule has 1 saturated heterocycles. The van der Waals surface area contributed by atoms with E-state index in [1.807, 2.05) is 24.3 Å². The van der Waals surface area contributed by atoms with Crippen molar-refractivity contribution >= 4 is 17.5 Å². The number of pyridine rings is 2. The Morgan fingerprint density at radius 1 is 1.24 bits per heavy atom. The molecular weight excluding hydrogens is 318 g/mol. The zero-order chi connectivity index (χ0) is 17.6. The van der Waals surface area contributed by atoms with Crippen molar-refractivity contribution in [2.75, 3.05) is 23.3 Å². The van der Waals surface area contributed by atoms with Crippen LogP contribution in [0.3, 0.4) is 0 Å². The largest absolute Gasteiger partial charge is 0.372 e. The highest BCUT2D eigenvalue weighted by molar-refractivity contribution is 5.89. The summed E-state index contributed by atoms with van der Waals surface area (Å²) in [5.41, 5.74) is 1.60. The van der Waals surface area contributed by atoms with Crippen molar-refractivity contribution in [2.24, 2.45) is 0 Å². The Hall–Kier alpha value is -2.67. The van der Waals surface area contributed by atoms with Crippen molar-refractivity contribution in [2.45, 2.75) is 32.6 Å². The number of hydrogen-bond acceptors (Lipinski definition) is 5. The Labute approximate surface area is 147 Å². The van der Waals surface area contributed by atoms with E-state index in [0.29, 0.717) is 12.2 Å². The summed E-state index contributed by atoms with van der Waals surface area (Å²) >= 11 is 0. The van der Waals surface area contributed by atoms with Gasteiger partial charge in [-0.15, -0.1) is 0 Å². The number of carbonyl (C=O) groups is 1. The molecule has 3 heterocycles. The molecule has 0 unspecified atom stereocenters. The third-order valence-corrected chi connectivity index (χ3v) is 3.93. The lowest BCUT2D eigenvalue weighted by Gasteiger charge is -2.36. The predicted molar refractivity (Wildman–Crippen MR) is 96.6 cm³/mol. The van der Waals surface area contributed by atoms with E-state index in [9.17, 15) is 4.79 Å². The number of anilines is 2. The Balaban J connectivity index is 1.52. The van der Waals surface area contributed by atoms with Crippen molar-refractivity contribution in [3.8, 4) is 0 Å². The minimum Gasteiger partial charge on any atom is -0.372 e. The summed E-state index contributed by atoms with van der Waals surface area (Å²) in [6, 6.07) is 7.25. The van der Waals surface area contributed by atoms with Gasteiger partial charge in [0.05, 0.1) is 24.1 Å². The maximum atomic E-state index is 12.0. The molecule has 1 aliphatic heterocycles. The minimum absolute atomic E-state index is 0.182. The smallest absolute Gasteiger partial charge is 0.319 e. The van der Waals surface area contributed by atoms with Crippen LogP contribution in [0.2, 0.25) is 0 Å². The van der Waals surface area contributed by atoms with Gasteiger partial charge in [0.2, 0.25) is 0 Å². The molecule has 1 aliphatic rings. The summed E-state index contributed by atoms with van der Waals surface area (Å²) in [4.78, 5) is 22.6. The molecule has 0 aromatic carbocycles. The highest BCUT2D eigenvalue weighted by atomic mass is 16.5. The fourth-order valence-electron chi connectivity index (χ4n) is 2.87. The summed E-state index contributed by atoms with van der Waals surface area (Å²) in [6.45, 7) is 6.18. The van der Waals surface area contributed by atoms with Crippen LogP contribution in [-0.2, 0) is 11.3 Å². The zero-order valence-corrected chi connectivity index (χ0v) is 14.5. The van der Waals surface area contributed by atoms with Crippen LogP contribution in [0.15, 0.2) is 42.9 Å². The Bertz CT molecular complexity index is 682. The monoisotopic (exact) mass is 341 g/mol. The summed E-state index contributed by atoms with van der Waals surface area (Å²) < 4.78 is 5.74. The van der Waals surface area contributed by atoms with Gasteiger partial charge in [0, 0.05) is 32.0 Å². The van der Waals surface area contributed by atoms with Gasteiger partial charge in [-0.1, -0.05) is 6.07 Å². The number of morpholine rings is 1. The number of aromatic nitrogens is 2. The number of carbonyl (C=O) groups excluding carboxylic acids is 1. The summed E-state index contributed by atoms with van der Waals surface area (Å²) in [7, 11) is 0. The maximum Gasteiger partial charge on any atom is 0.319 e. The standard InChI is InChI=1S/C18H23N5O2/c1-13-11-23(12-14(2)25-13)17-6-5-16(10-20-17)22-18(24)21-9-15-4-3-7-19-8-15/h3-8,10,13-14H,9,11-12H2,1-2H3,(H2,21,22,24)/t13-,14-/m1/s1. The summed E-state index contributed by atoms with van der Waals surface area (Å²) in [6.07, 6.45) is 5.46. The maximum absolute atomic E-state index is 12.0. The van der Waals surface area contributed by atoms with Gasteiger partial charge < -0.3 is 20.3 Å². The van der Waals surface area contributed by atoms with Crippen LogP contribution < -0.4 is 15.5 Å². The molecule has 2 N–H and O–H groups in total. The minimum atomic E-state index is -0.271. The number of amides is 2. The lowest BCUT2D eigenvalue weighted by atomic mass is 10.2. The number of nitrogens with one attached hydrogen (secondary N) is 2. The molecule has 7 heteroatoms. The van der Waals surface area contributed by atoms with Crippen LogP contribution in [0.1, 0.15) is 19.4 Å². The van der Waals surface area contributed by atoms with Crippen LogP contribution in [0.4, 0.5) is 16.3 Å². The molecule has 2 atom stereocenters. The molecule has 2 amide bonds. The molecule has 25 heavy (non-hydrogen) atoms. The number of urea groups is 1. The molecule has 132 valence electrons. The number of hydrogen-bond donors (Lipinski definition) is 2. The molecule has 0 bridgehead atoms. The molecular formula is C18H23N5O2. The van der Waals surface area contributed by atoms with Gasteiger partial charge in [0.1, 0.15) is 5.82 Å². The predicted octanol–water partition coefficient (Wildman–Crippen LogP) is 2.41. The zero-order valence-electron chi connectivity index (χ0n) is 14.5. The number of rotatable bonds is 4. The van der Waals surface area contributed by atoms with Crippen LogP contribution in [0, 0.1) is 0 Å². The molecule has 2 aromatic heterocycles. The van der Waals surface area contributed by atoms with E-state index in [4.69, 9.17) is 4.74 Å². The molecule has 2 aromatic rings. The fraction of sp³-hybridized carbons (Fsp3) is 0.389.